The molecule has 2 aliphatic rings. The molecule has 2 fully saturated rings. The first-order chi connectivity index (χ1) is 14.2. The van der Waals surface area contributed by atoms with E-state index in [1.807, 2.05) is 10.7 Å². The maximum Gasteiger partial charge on any atom is 0.262 e. The molecule has 2 atom stereocenters. The molecule has 5 heterocycles. The molecule has 3 aromatic rings. The van der Waals surface area contributed by atoms with Gasteiger partial charge in [-0.25, -0.2) is 19.6 Å². The van der Waals surface area contributed by atoms with Gasteiger partial charge < -0.3 is 9.72 Å². The molecule has 5 rings (SSSR count). The molecule has 0 saturated carbocycles. The van der Waals surface area contributed by atoms with Gasteiger partial charge in [0.15, 0.2) is 5.65 Å². The quantitative estimate of drug-likeness (QED) is 0.714. The van der Waals surface area contributed by atoms with E-state index < -0.39 is 0 Å². The van der Waals surface area contributed by atoms with Crippen LogP contribution in [-0.4, -0.2) is 60.9 Å². The normalized spacial score (nSPS) is 23.8. The van der Waals surface area contributed by atoms with E-state index in [1.54, 1.807) is 18.6 Å². The number of ether oxygens (including phenoxy) is 1. The summed E-state index contributed by atoms with van der Waals surface area (Å²) in [4.78, 5) is 31.6. The molecule has 0 bridgehead atoms. The van der Waals surface area contributed by atoms with Gasteiger partial charge in [-0.3, -0.25) is 9.69 Å². The molecule has 152 valence electrons. The lowest BCUT2D eigenvalue weighted by Gasteiger charge is -2.23. The van der Waals surface area contributed by atoms with Crippen molar-refractivity contribution in [1.29, 1.82) is 0 Å². The molecule has 2 aliphatic heterocycles. The fraction of sp³-hybridized carbons (Fsp3) is 0.550. The SMILES string of the molecule is C[C@@H]1CN(Cc2ncccn2)C[C@H]1c1nc2c(cnn2C2CCOCC2)c(=O)[nH]1. The van der Waals surface area contributed by atoms with Crippen LogP contribution in [0.25, 0.3) is 11.0 Å². The van der Waals surface area contributed by atoms with Crippen molar-refractivity contribution in [2.75, 3.05) is 26.3 Å². The Morgan fingerprint density at radius 2 is 2.00 bits per heavy atom. The topological polar surface area (TPSA) is 102 Å². The Morgan fingerprint density at radius 3 is 2.79 bits per heavy atom. The minimum Gasteiger partial charge on any atom is -0.381 e. The van der Waals surface area contributed by atoms with Crippen molar-refractivity contribution < 1.29 is 4.74 Å². The number of fused-ring (bicyclic) bond motifs is 1. The van der Waals surface area contributed by atoms with E-state index in [-0.39, 0.29) is 17.5 Å². The highest BCUT2D eigenvalue weighted by Gasteiger charge is 2.33. The Hall–Kier alpha value is -2.65. The molecular weight excluding hydrogens is 370 g/mol. The third kappa shape index (κ3) is 3.56. The van der Waals surface area contributed by atoms with Crippen LogP contribution in [0.2, 0.25) is 0 Å². The zero-order valence-electron chi connectivity index (χ0n) is 16.5. The monoisotopic (exact) mass is 395 g/mol. The van der Waals surface area contributed by atoms with E-state index in [0.29, 0.717) is 23.5 Å². The first-order valence-electron chi connectivity index (χ1n) is 10.2. The van der Waals surface area contributed by atoms with E-state index in [1.165, 1.54) is 0 Å². The summed E-state index contributed by atoms with van der Waals surface area (Å²) in [7, 11) is 0. The summed E-state index contributed by atoms with van der Waals surface area (Å²) in [5.41, 5.74) is 0.577. The summed E-state index contributed by atoms with van der Waals surface area (Å²) in [6.45, 7) is 6.09. The maximum atomic E-state index is 12.7. The van der Waals surface area contributed by atoms with E-state index in [0.717, 1.165) is 50.8 Å². The van der Waals surface area contributed by atoms with Crippen molar-refractivity contribution in [3.63, 3.8) is 0 Å². The van der Waals surface area contributed by atoms with Gasteiger partial charge in [0.1, 0.15) is 17.0 Å². The second-order valence-electron chi connectivity index (χ2n) is 8.06. The van der Waals surface area contributed by atoms with E-state index in [9.17, 15) is 4.79 Å². The number of nitrogens with zero attached hydrogens (tertiary/aromatic N) is 6. The van der Waals surface area contributed by atoms with Crippen molar-refractivity contribution in [3.05, 3.63) is 46.7 Å². The predicted molar refractivity (Wildman–Crippen MR) is 106 cm³/mol. The fourth-order valence-electron chi connectivity index (χ4n) is 4.49. The van der Waals surface area contributed by atoms with Gasteiger partial charge in [0, 0.05) is 44.6 Å². The molecule has 3 aromatic heterocycles. The van der Waals surface area contributed by atoms with Crippen LogP contribution in [0.3, 0.4) is 0 Å². The lowest BCUT2D eigenvalue weighted by atomic mass is 9.97. The lowest BCUT2D eigenvalue weighted by molar-refractivity contribution is 0.0673. The van der Waals surface area contributed by atoms with Crippen LogP contribution in [0.4, 0.5) is 0 Å². The second-order valence-corrected chi connectivity index (χ2v) is 8.06. The van der Waals surface area contributed by atoms with Gasteiger partial charge >= 0.3 is 0 Å². The molecule has 0 aliphatic carbocycles. The predicted octanol–water partition coefficient (Wildman–Crippen LogP) is 1.50. The Labute approximate surface area is 168 Å². The third-order valence-electron chi connectivity index (χ3n) is 6.04. The average Bonchev–Trinajstić information content (AvgIpc) is 3.33. The lowest BCUT2D eigenvalue weighted by Crippen LogP contribution is -2.23. The highest BCUT2D eigenvalue weighted by Crippen LogP contribution is 2.31. The molecular formula is C20H25N7O2. The van der Waals surface area contributed by atoms with Gasteiger partial charge in [0.2, 0.25) is 0 Å². The van der Waals surface area contributed by atoms with Crippen molar-refractivity contribution in [2.24, 2.45) is 5.92 Å². The van der Waals surface area contributed by atoms with Gasteiger partial charge in [0.05, 0.1) is 18.8 Å². The molecule has 0 radical (unpaired) electrons. The summed E-state index contributed by atoms with van der Waals surface area (Å²) in [6, 6.07) is 2.06. The Morgan fingerprint density at radius 1 is 1.21 bits per heavy atom. The molecule has 0 amide bonds. The molecule has 29 heavy (non-hydrogen) atoms. The number of hydrogen-bond acceptors (Lipinski definition) is 7. The number of H-pyrrole nitrogens is 1. The first-order valence-corrected chi connectivity index (χ1v) is 10.2. The fourth-order valence-corrected chi connectivity index (χ4v) is 4.49. The van der Waals surface area contributed by atoms with Crippen LogP contribution < -0.4 is 5.56 Å². The zero-order valence-corrected chi connectivity index (χ0v) is 16.5. The van der Waals surface area contributed by atoms with Crippen LogP contribution in [-0.2, 0) is 11.3 Å². The second kappa shape index (κ2) is 7.64. The van der Waals surface area contributed by atoms with Crippen LogP contribution in [0, 0.1) is 5.92 Å². The first kappa shape index (κ1) is 18.4. The molecule has 2 saturated heterocycles. The Kier molecular flexibility index (Phi) is 4.84. The molecule has 1 N–H and O–H groups in total. The summed E-state index contributed by atoms with van der Waals surface area (Å²) >= 11 is 0. The molecule has 9 heteroatoms. The van der Waals surface area contributed by atoms with Gasteiger partial charge in [-0.2, -0.15) is 5.10 Å². The van der Waals surface area contributed by atoms with Crippen molar-refractivity contribution >= 4 is 11.0 Å². The number of hydrogen-bond donors (Lipinski definition) is 1. The van der Waals surface area contributed by atoms with Crippen LogP contribution in [0.5, 0.6) is 0 Å². The minimum absolute atomic E-state index is 0.111. The van der Waals surface area contributed by atoms with Gasteiger partial charge in [-0.1, -0.05) is 6.92 Å². The average molecular weight is 395 g/mol. The molecule has 9 nitrogen and oxygen atoms in total. The number of nitrogens with one attached hydrogen (secondary N) is 1. The standard InChI is InChI=1S/C20H25N7O2/c1-13-10-26(12-17-21-5-2-6-22-17)11-16(13)18-24-19-15(20(28)25-18)9-23-27(19)14-3-7-29-8-4-14/h2,5-6,9,13-14,16H,3-4,7-8,10-12H2,1H3,(H,24,25,28)/t13-,16-/m1/s1. The Bertz CT molecular complexity index is 1040. The van der Waals surface area contributed by atoms with Gasteiger partial charge in [0.25, 0.3) is 5.56 Å². The molecule has 0 spiro atoms. The third-order valence-corrected chi connectivity index (χ3v) is 6.04. The number of aromatic nitrogens is 6. The van der Waals surface area contributed by atoms with Crippen LogP contribution in [0.15, 0.2) is 29.5 Å². The van der Waals surface area contributed by atoms with Crippen molar-refractivity contribution in [2.45, 2.75) is 38.3 Å². The van der Waals surface area contributed by atoms with Crippen LogP contribution >= 0.6 is 0 Å². The van der Waals surface area contributed by atoms with E-state index in [4.69, 9.17) is 9.72 Å². The highest BCUT2D eigenvalue weighted by atomic mass is 16.5. The van der Waals surface area contributed by atoms with Crippen molar-refractivity contribution in [3.8, 4) is 0 Å². The largest absolute Gasteiger partial charge is 0.381 e. The Balaban J connectivity index is 1.43. The summed E-state index contributed by atoms with van der Waals surface area (Å²) in [5.74, 6) is 2.10. The van der Waals surface area contributed by atoms with Gasteiger partial charge in [-0.15, -0.1) is 0 Å². The maximum absolute atomic E-state index is 12.7. The smallest absolute Gasteiger partial charge is 0.262 e. The van der Waals surface area contributed by atoms with Crippen molar-refractivity contribution in [1.82, 2.24) is 34.6 Å². The molecule has 0 aromatic carbocycles. The number of rotatable bonds is 4. The highest BCUT2D eigenvalue weighted by molar-refractivity contribution is 5.73. The summed E-state index contributed by atoms with van der Waals surface area (Å²) < 4.78 is 7.39. The van der Waals surface area contributed by atoms with E-state index in [2.05, 4.69) is 31.9 Å². The number of aromatic amines is 1. The number of likely N-dealkylation sites (tertiary alicyclic amines) is 1. The van der Waals surface area contributed by atoms with E-state index >= 15 is 0 Å². The molecule has 0 unspecified atom stereocenters. The minimum atomic E-state index is -0.111. The summed E-state index contributed by atoms with van der Waals surface area (Å²) in [6.07, 6.45) is 6.96. The van der Waals surface area contributed by atoms with Crippen LogP contribution in [0.1, 0.15) is 43.4 Å². The zero-order chi connectivity index (χ0) is 19.8. The summed E-state index contributed by atoms with van der Waals surface area (Å²) in [5, 5.41) is 5.04. The van der Waals surface area contributed by atoms with Gasteiger partial charge in [-0.05, 0) is 24.8 Å².